The monoisotopic (exact) mass is 230 g/mol. The van der Waals surface area contributed by atoms with Crippen molar-refractivity contribution in [3.8, 4) is 0 Å². The molecule has 1 heterocycles. The molecular weight excluding hydrogens is 219 g/mol. The molecule has 2 N–H and O–H groups in total. The van der Waals surface area contributed by atoms with E-state index in [4.69, 9.17) is 5.73 Å². The Hall–Kier alpha value is -2.23. The van der Waals surface area contributed by atoms with Gasteiger partial charge in [-0.3, -0.25) is 9.78 Å². The Labute approximate surface area is 98.1 Å². The summed E-state index contributed by atoms with van der Waals surface area (Å²) in [5.74, 6) is -0.961. The number of benzene rings is 1. The standard InChI is InChI=1S/C13H11FN2O/c1-8-3-2-4-9(12(8)14)13(17)10-7-16-6-5-11(10)15/h2-7H,1H3,(H2,15,16). The summed E-state index contributed by atoms with van der Waals surface area (Å²) >= 11 is 0. The predicted molar refractivity (Wildman–Crippen MR) is 63.2 cm³/mol. The van der Waals surface area contributed by atoms with Crippen LogP contribution in [0, 0.1) is 12.7 Å². The van der Waals surface area contributed by atoms with Crippen LogP contribution in [0.3, 0.4) is 0 Å². The summed E-state index contributed by atoms with van der Waals surface area (Å²) in [5.41, 5.74) is 6.63. The second-order valence-corrected chi connectivity index (χ2v) is 3.73. The number of anilines is 1. The maximum atomic E-state index is 13.8. The molecule has 86 valence electrons. The molecule has 0 spiro atoms. The van der Waals surface area contributed by atoms with E-state index < -0.39 is 11.6 Å². The van der Waals surface area contributed by atoms with Crippen molar-refractivity contribution in [3.05, 3.63) is 59.2 Å². The zero-order chi connectivity index (χ0) is 12.4. The van der Waals surface area contributed by atoms with Gasteiger partial charge in [0.2, 0.25) is 0 Å². The number of carbonyl (C=O) groups excluding carboxylic acids is 1. The molecule has 0 saturated heterocycles. The zero-order valence-corrected chi connectivity index (χ0v) is 9.27. The Morgan fingerprint density at radius 1 is 1.29 bits per heavy atom. The van der Waals surface area contributed by atoms with E-state index in [0.29, 0.717) is 11.3 Å². The molecule has 0 bridgehead atoms. The minimum Gasteiger partial charge on any atom is -0.398 e. The molecule has 2 aromatic rings. The van der Waals surface area contributed by atoms with Crippen molar-refractivity contribution >= 4 is 11.5 Å². The van der Waals surface area contributed by atoms with E-state index >= 15 is 0 Å². The van der Waals surface area contributed by atoms with Crippen molar-refractivity contribution in [1.82, 2.24) is 4.98 Å². The van der Waals surface area contributed by atoms with Gasteiger partial charge in [0, 0.05) is 18.1 Å². The molecule has 3 nitrogen and oxygen atoms in total. The second-order valence-electron chi connectivity index (χ2n) is 3.73. The molecule has 0 atom stereocenters. The van der Waals surface area contributed by atoms with Crippen molar-refractivity contribution in [2.75, 3.05) is 5.73 Å². The lowest BCUT2D eigenvalue weighted by Crippen LogP contribution is -2.08. The third-order valence-corrected chi connectivity index (χ3v) is 2.54. The molecular formula is C13H11FN2O. The molecule has 4 heteroatoms. The molecule has 0 aliphatic rings. The minimum atomic E-state index is -0.513. The van der Waals surface area contributed by atoms with Gasteiger partial charge >= 0.3 is 0 Å². The fourth-order valence-corrected chi connectivity index (χ4v) is 1.56. The quantitative estimate of drug-likeness (QED) is 0.805. The Morgan fingerprint density at radius 3 is 2.76 bits per heavy atom. The van der Waals surface area contributed by atoms with Gasteiger partial charge in [-0.15, -0.1) is 0 Å². The van der Waals surface area contributed by atoms with Gasteiger partial charge in [-0.2, -0.15) is 0 Å². The molecule has 0 unspecified atom stereocenters. The van der Waals surface area contributed by atoms with Crippen molar-refractivity contribution < 1.29 is 9.18 Å². The number of hydrogen-bond acceptors (Lipinski definition) is 3. The van der Waals surface area contributed by atoms with Crippen molar-refractivity contribution in [1.29, 1.82) is 0 Å². The summed E-state index contributed by atoms with van der Waals surface area (Å²) in [5, 5.41) is 0. The highest BCUT2D eigenvalue weighted by atomic mass is 19.1. The number of aryl methyl sites for hydroxylation is 1. The van der Waals surface area contributed by atoms with Gasteiger partial charge in [-0.25, -0.2) is 4.39 Å². The van der Waals surface area contributed by atoms with Gasteiger partial charge in [0.25, 0.3) is 0 Å². The molecule has 1 aromatic carbocycles. The molecule has 0 fully saturated rings. The fraction of sp³-hybridized carbons (Fsp3) is 0.0769. The van der Waals surface area contributed by atoms with Crippen LogP contribution in [0.1, 0.15) is 21.5 Å². The number of carbonyl (C=O) groups is 1. The molecule has 0 radical (unpaired) electrons. The van der Waals surface area contributed by atoms with E-state index in [2.05, 4.69) is 4.98 Å². The zero-order valence-electron chi connectivity index (χ0n) is 9.27. The number of nitrogens with two attached hydrogens (primary N) is 1. The summed E-state index contributed by atoms with van der Waals surface area (Å²) in [4.78, 5) is 15.9. The first kappa shape index (κ1) is 11.3. The van der Waals surface area contributed by atoms with Crippen LogP contribution in [-0.2, 0) is 0 Å². The number of aromatic nitrogens is 1. The van der Waals surface area contributed by atoms with Gasteiger partial charge in [0.1, 0.15) is 5.82 Å². The maximum Gasteiger partial charge on any atom is 0.199 e. The highest BCUT2D eigenvalue weighted by Crippen LogP contribution is 2.19. The van der Waals surface area contributed by atoms with E-state index in [1.165, 1.54) is 24.5 Å². The number of halogens is 1. The highest BCUT2D eigenvalue weighted by Gasteiger charge is 2.17. The third-order valence-electron chi connectivity index (χ3n) is 2.54. The average Bonchev–Trinajstić information content (AvgIpc) is 2.32. The number of rotatable bonds is 2. The summed E-state index contributed by atoms with van der Waals surface area (Å²) in [7, 11) is 0. The van der Waals surface area contributed by atoms with E-state index in [1.807, 2.05) is 0 Å². The van der Waals surface area contributed by atoms with Gasteiger partial charge in [-0.1, -0.05) is 12.1 Å². The van der Waals surface area contributed by atoms with Crippen LogP contribution < -0.4 is 5.73 Å². The Balaban J connectivity index is 2.52. The Morgan fingerprint density at radius 2 is 2.06 bits per heavy atom. The highest BCUT2D eigenvalue weighted by molar-refractivity contribution is 6.12. The molecule has 0 amide bonds. The summed E-state index contributed by atoms with van der Waals surface area (Å²) in [6.45, 7) is 1.61. The number of nitrogen functional groups attached to an aromatic ring is 1. The molecule has 0 aliphatic heterocycles. The largest absolute Gasteiger partial charge is 0.398 e. The Kier molecular flexibility index (Phi) is 2.87. The van der Waals surface area contributed by atoms with Gasteiger partial charge in [0.15, 0.2) is 5.78 Å². The minimum absolute atomic E-state index is 0.0182. The number of hydrogen-bond donors (Lipinski definition) is 1. The average molecular weight is 230 g/mol. The van der Waals surface area contributed by atoms with Gasteiger partial charge in [-0.05, 0) is 24.6 Å². The molecule has 0 aliphatic carbocycles. The maximum absolute atomic E-state index is 13.8. The molecule has 17 heavy (non-hydrogen) atoms. The van der Waals surface area contributed by atoms with Crippen LogP contribution in [0.2, 0.25) is 0 Å². The van der Waals surface area contributed by atoms with E-state index in [0.717, 1.165) is 0 Å². The van der Waals surface area contributed by atoms with Crippen molar-refractivity contribution in [3.63, 3.8) is 0 Å². The van der Waals surface area contributed by atoms with E-state index in [-0.39, 0.29) is 11.1 Å². The summed E-state index contributed by atoms with van der Waals surface area (Å²) in [6.07, 6.45) is 2.83. The van der Waals surface area contributed by atoms with Crippen LogP contribution in [0.5, 0.6) is 0 Å². The van der Waals surface area contributed by atoms with E-state index in [1.54, 1.807) is 19.1 Å². The van der Waals surface area contributed by atoms with Crippen LogP contribution in [0.25, 0.3) is 0 Å². The van der Waals surface area contributed by atoms with Crippen LogP contribution >= 0.6 is 0 Å². The van der Waals surface area contributed by atoms with Crippen molar-refractivity contribution in [2.24, 2.45) is 0 Å². The third kappa shape index (κ3) is 2.01. The first-order chi connectivity index (χ1) is 8.11. The fourth-order valence-electron chi connectivity index (χ4n) is 1.56. The van der Waals surface area contributed by atoms with Crippen LogP contribution in [-0.4, -0.2) is 10.8 Å². The lowest BCUT2D eigenvalue weighted by atomic mass is 10.0. The number of nitrogens with zero attached hydrogens (tertiary/aromatic N) is 1. The number of ketones is 1. The number of pyridine rings is 1. The lowest BCUT2D eigenvalue weighted by Gasteiger charge is -2.06. The first-order valence-electron chi connectivity index (χ1n) is 5.10. The summed E-state index contributed by atoms with van der Waals surface area (Å²) in [6, 6.07) is 6.20. The Bertz CT molecular complexity index is 581. The van der Waals surface area contributed by atoms with Crippen molar-refractivity contribution in [2.45, 2.75) is 6.92 Å². The first-order valence-corrected chi connectivity index (χ1v) is 5.10. The molecule has 2 rings (SSSR count). The van der Waals surface area contributed by atoms with Crippen LogP contribution in [0.15, 0.2) is 36.7 Å². The predicted octanol–water partition coefficient (Wildman–Crippen LogP) is 2.34. The van der Waals surface area contributed by atoms with Crippen LogP contribution in [0.4, 0.5) is 10.1 Å². The lowest BCUT2D eigenvalue weighted by molar-refractivity contribution is 0.103. The van der Waals surface area contributed by atoms with E-state index in [9.17, 15) is 9.18 Å². The SMILES string of the molecule is Cc1cccc(C(=O)c2cnccc2N)c1F. The van der Waals surface area contributed by atoms with Gasteiger partial charge < -0.3 is 5.73 Å². The summed E-state index contributed by atoms with van der Waals surface area (Å²) < 4.78 is 13.8. The normalized spacial score (nSPS) is 10.2. The smallest absolute Gasteiger partial charge is 0.199 e. The molecule has 1 aromatic heterocycles. The topological polar surface area (TPSA) is 56.0 Å². The van der Waals surface area contributed by atoms with Gasteiger partial charge in [0.05, 0.1) is 11.1 Å². The second kappa shape index (κ2) is 4.33. The molecule has 0 saturated carbocycles.